The lowest BCUT2D eigenvalue weighted by atomic mass is 9.97. The van der Waals surface area contributed by atoms with Gasteiger partial charge in [-0.25, -0.2) is 4.68 Å². The first kappa shape index (κ1) is 16.9. The average molecular weight is 345 g/mol. The summed E-state index contributed by atoms with van der Waals surface area (Å²) in [5.74, 6) is -0.0242. The number of hydrogen-bond acceptors (Lipinski definition) is 4. The van der Waals surface area contributed by atoms with Crippen LogP contribution in [0.3, 0.4) is 0 Å². The molecule has 0 unspecified atom stereocenters. The van der Waals surface area contributed by atoms with Crippen molar-refractivity contribution in [1.29, 1.82) is 0 Å². The highest BCUT2D eigenvalue weighted by Crippen LogP contribution is 2.25. The number of hydrogen-bond donors (Lipinski definition) is 0. The summed E-state index contributed by atoms with van der Waals surface area (Å²) >= 11 is 1.63. The van der Waals surface area contributed by atoms with Gasteiger partial charge in [0.25, 0.3) is 5.56 Å². The van der Waals surface area contributed by atoms with Crippen LogP contribution in [0.1, 0.15) is 38.0 Å². The first-order valence-corrected chi connectivity index (χ1v) is 9.23. The predicted molar refractivity (Wildman–Crippen MR) is 96.2 cm³/mol. The summed E-state index contributed by atoms with van der Waals surface area (Å²) in [5, 5.41) is 4.41. The van der Waals surface area contributed by atoms with Gasteiger partial charge in [0.15, 0.2) is 0 Å². The molecule has 0 spiro atoms. The Labute approximate surface area is 145 Å². The van der Waals surface area contributed by atoms with Crippen molar-refractivity contribution in [2.75, 3.05) is 0 Å². The molecule has 24 heavy (non-hydrogen) atoms. The topological polar surface area (TPSA) is 55.2 Å². The molecule has 1 aliphatic heterocycles. The largest absolute Gasteiger partial charge is 0.336 e. The Morgan fingerprint density at radius 1 is 1.21 bits per heavy atom. The number of aryl methyl sites for hydroxylation is 1. The van der Waals surface area contributed by atoms with Crippen molar-refractivity contribution in [2.24, 2.45) is 0 Å². The molecule has 0 aliphatic carbocycles. The van der Waals surface area contributed by atoms with Gasteiger partial charge in [-0.1, -0.05) is 0 Å². The number of nitrogens with zero attached hydrogens (tertiary/aromatic N) is 3. The maximum atomic E-state index is 12.7. The van der Waals surface area contributed by atoms with Gasteiger partial charge in [-0.15, -0.1) is 11.3 Å². The lowest BCUT2D eigenvalue weighted by molar-refractivity contribution is -0.138. The van der Waals surface area contributed by atoms with Crippen LogP contribution >= 0.6 is 11.3 Å². The standard InChI is InChI=1S/C18H23N3O2S/c1-12-5-4-6-13(2)21(12)18(23)11-20-17(22)10-8-15(19-20)16-9-7-14(3)24-16/h7-10,12-13H,4-6,11H2,1-3H3/t12-,13-/m1/s1. The first-order chi connectivity index (χ1) is 11.5. The predicted octanol–water partition coefficient (Wildman–Crippen LogP) is 3.07. The van der Waals surface area contributed by atoms with Crippen molar-refractivity contribution in [3.8, 4) is 10.6 Å². The van der Waals surface area contributed by atoms with Crippen molar-refractivity contribution in [3.63, 3.8) is 0 Å². The molecule has 1 saturated heterocycles. The number of amides is 1. The minimum absolute atomic E-state index is 0.00567. The molecule has 3 rings (SSSR count). The molecule has 1 amide bonds. The second-order valence-corrected chi connectivity index (χ2v) is 7.84. The van der Waals surface area contributed by atoms with E-state index in [2.05, 4.69) is 18.9 Å². The molecule has 2 atom stereocenters. The van der Waals surface area contributed by atoms with Crippen LogP contribution in [0.2, 0.25) is 0 Å². The van der Waals surface area contributed by atoms with Gasteiger partial charge >= 0.3 is 0 Å². The van der Waals surface area contributed by atoms with E-state index in [0.29, 0.717) is 0 Å². The summed E-state index contributed by atoms with van der Waals surface area (Å²) in [5.41, 5.74) is 0.498. The lowest BCUT2D eigenvalue weighted by Gasteiger charge is -2.39. The van der Waals surface area contributed by atoms with Gasteiger partial charge in [-0.2, -0.15) is 5.10 Å². The number of carbonyl (C=O) groups is 1. The summed E-state index contributed by atoms with van der Waals surface area (Å²) in [7, 11) is 0. The van der Waals surface area contributed by atoms with Crippen LogP contribution in [0.4, 0.5) is 0 Å². The Morgan fingerprint density at radius 3 is 2.54 bits per heavy atom. The van der Waals surface area contributed by atoms with Gasteiger partial charge < -0.3 is 4.90 Å². The molecular formula is C18H23N3O2S. The third kappa shape index (κ3) is 3.43. The van der Waals surface area contributed by atoms with E-state index in [9.17, 15) is 9.59 Å². The van der Waals surface area contributed by atoms with E-state index in [1.807, 2.05) is 24.0 Å². The fourth-order valence-corrected chi connectivity index (χ4v) is 4.22. The molecule has 1 aliphatic rings. The van der Waals surface area contributed by atoms with E-state index in [1.165, 1.54) is 15.6 Å². The van der Waals surface area contributed by atoms with Crippen LogP contribution in [0, 0.1) is 6.92 Å². The molecule has 1 fully saturated rings. The fraction of sp³-hybridized carbons (Fsp3) is 0.500. The Kier molecular flexibility index (Phi) is 4.85. The van der Waals surface area contributed by atoms with E-state index in [1.54, 1.807) is 17.4 Å². The molecule has 3 heterocycles. The highest BCUT2D eigenvalue weighted by atomic mass is 32.1. The molecule has 6 heteroatoms. The first-order valence-electron chi connectivity index (χ1n) is 8.42. The molecule has 0 saturated carbocycles. The Balaban J connectivity index is 1.84. The van der Waals surface area contributed by atoms with Crippen LogP contribution in [0.5, 0.6) is 0 Å². The van der Waals surface area contributed by atoms with Crippen LogP contribution in [-0.2, 0) is 11.3 Å². The number of likely N-dealkylation sites (tertiary alicyclic amines) is 1. The highest BCUT2D eigenvalue weighted by Gasteiger charge is 2.29. The quantitative estimate of drug-likeness (QED) is 0.859. The third-order valence-corrected chi connectivity index (χ3v) is 5.65. The van der Waals surface area contributed by atoms with Crippen LogP contribution in [0.15, 0.2) is 29.1 Å². The zero-order chi connectivity index (χ0) is 17.3. The van der Waals surface area contributed by atoms with Crippen molar-refractivity contribution in [3.05, 3.63) is 39.5 Å². The normalized spacial score (nSPS) is 21.0. The van der Waals surface area contributed by atoms with E-state index in [4.69, 9.17) is 0 Å². The van der Waals surface area contributed by atoms with Gasteiger partial charge in [0.2, 0.25) is 5.91 Å². The number of rotatable bonds is 3. The third-order valence-electron chi connectivity index (χ3n) is 4.63. The fourth-order valence-electron chi connectivity index (χ4n) is 3.39. The zero-order valence-corrected chi connectivity index (χ0v) is 15.2. The maximum absolute atomic E-state index is 12.7. The molecule has 5 nitrogen and oxygen atoms in total. The average Bonchev–Trinajstić information content (AvgIpc) is 2.96. The summed E-state index contributed by atoms with van der Waals surface area (Å²) in [6.45, 7) is 6.20. The zero-order valence-electron chi connectivity index (χ0n) is 14.4. The Morgan fingerprint density at radius 2 is 1.92 bits per heavy atom. The second-order valence-electron chi connectivity index (χ2n) is 6.55. The minimum atomic E-state index is -0.238. The van der Waals surface area contributed by atoms with E-state index >= 15 is 0 Å². The van der Waals surface area contributed by atoms with Gasteiger partial charge in [-0.05, 0) is 58.2 Å². The maximum Gasteiger partial charge on any atom is 0.267 e. The number of carbonyl (C=O) groups excluding carboxylic acids is 1. The molecule has 0 bridgehead atoms. The van der Waals surface area contributed by atoms with E-state index in [-0.39, 0.29) is 30.1 Å². The summed E-state index contributed by atoms with van der Waals surface area (Å²) in [6, 6.07) is 7.68. The van der Waals surface area contributed by atoms with E-state index < -0.39 is 0 Å². The molecule has 0 N–H and O–H groups in total. The van der Waals surface area contributed by atoms with Crippen LogP contribution in [0.25, 0.3) is 10.6 Å². The molecular weight excluding hydrogens is 322 g/mol. The van der Waals surface area contributed by atoms with Gasteiger partial charge in [-0.3, -0.25) is 9.59 Å². The summed E-state index contributed by atoms with van der Waals surface area (Å²) in [6.07, 6.45) is 3.19. The number of aromatic nitrogens is 2. The Hall–Kier alpha value is -1.95. The monoisotopic (exact) mass is 345 g/mol. The van der Waals surface area contributed by atoms with Crippen molar-refractivity contribution in [1.82, 2.24) is 14.7 Å². The van der Waals surface area contributed by atoms with Gasteiger partial charge in [0.1, 0.15) is 12.2 Å². The Bertz CT molecular complexity index is 786. The second kappa shape index (κ2) is 6.89. The van der Waals surface area contributed by atoms with Crippen molar-refractivity contribution < 1.29 is 4.79 Å². The molecule has 2 aromatic rings. The number of piperidine rings is 1. The molecule has 0 radical (unpaired) electrons. The minimum Gasteiger partial charge on any atom is -0.336 e. The van der Waals surface area contributed by atoms with Gasteiger partial charge in [0, 0.05) is 23.0 Å². The molecule has 128 valence electrons. The summed E-state index contributed by atoms with van der Waals surface area (Å²) < 4.78 is 1.29. The molecule has 2 aromatic heterocycles. The smallest absolute Gasteiger partial charge is 0.267 e. The molecule has 0 aromatic carbocycles. The van der Waals surface area contributed by atoms with E-state index in [0.717, 1.165) is 29.8 Å². The van der Waals surface area contributed by atoms with Crippen LogP contribution in [-0.4, -0.2) is 32.7 Å². The van der Waals surface area contributed by atoms with Crippen LogP contribution < -0.4 is 5.56 Å². The summed E-state index contributed by atoms with van der Waals surface area (Å²) in [4.78, 5) is 29.0. The SMILES string of the molecule is Cc1ccc(-c2ccc(=O)n(CC(=O)N3[C@H](C)CCC[C@H]3C)n2)s1. The van der Waals surface area contributed by atoms with Crippen molar-refractivity contribution >= 4 is 17.2 Å². The number of thiophene rings is 1. The lowest BCUT2D eigenvalue weighted by Crippen LogP contribution is -2.49. The van der Waals surface area contributed by atoms with Crippen molar-refractivity contribution in [2.45, 2.75) is 58.7 Å². The highest BCUT2D eigenvalue weighted by molar-refractivity contribution is 7.15. The van der Waals surface area contributed by atoms with Gasteiger partial charge in [0.05, 0.1) is 4.88 Å².